The van der Waals surface area contributed by atoms with Crippen molar-refractivity contribution in [3.8, 4) is 34.5 Å². The molecule has 13 nitrogen and oxygen atoms in total. The Labute approximate surface area is 277 Å². The SMILES string of the molecule is COc1cc(C(CC(=O)CC(c2ccc([N+](=O)[O-])cc2)c2cc(OC)c(OC)c(OC)c2)c2ccc([N+](=O)[O-])cc2)cc(OC)c1OC. The predicted molar refractivity (Wildman–Crippen MR) is 176 cm³/mol. The lowest BCUT2D eigenvalue weighted by Crippen LogP contribution is -2.14. The van der Waals surface area contributed by atoms with Gasteiger partial charge >= 0.3 is 0 Å². The highest BCUT2D eigenvalue weighted by molar-refractivity contribution is 5.82. The summed E-state index contributed by atoms with van der Waals surface area (Å²) in [5.74, 6) is 0.981. The van der Waals surface area contributed by atoms with Gasteiger partial charge in [-0.3, -0.25) is 25.0 Å². The molecule has 0 aliphatic carbocycles. The number of Topliss-reactive ketones (excluding diaryl/α,β-unsaturated/α-hetero) is 1. The zero-order chi connectivity index (χ0) is 35.0. The van der Waals surface area contributed by atoms with Crippen LogP contribution in [0.3, 0.4) is 0 Å². The van der Waals surface area contributed by atoms with Crippen molar-refractivity contribution < 1.29 is 43.1 Å². The molecule has 0 aliphatic rings. The van der Waals surface area contributed by atoms with Gasteiger partial charge in [-0.05, 0) is 46.5 Å². The molecule has 4 aromatic rings. The topological polar surface area (TPSA) is 159 Å². The first-order valence-corrected chi connectivity index (χ1v) is 14.7. The van der Waals surface area contributed by atoms with E-state index < -0.39 is 21.7 Å². The van der Waals surface area contributed by atoms with Gasteiger partial charge in [0, 0.05) is 48.9 Å². The van der Waals surface area contributed by atoms with Gasteiger partial charge in [0.25, 0.3) is 11.4 Å². The third-order valence-corrected chi connectivity index (χ3v) is 8.05. The summed E-state index contributed by atoms with van der Waals surface area (Å²) in [7, 11) is 8.91. The minimum absolute atomic E-state index is 0.00957. The number of rotatable bonds is 16. The van der Waals surface area contributed by atoms with Gasteiger partial charge in [0.15, 0.2) is 23.0 Å². The fraction of sp³-hybridized carbons (Fsp3) is 0.286. The van der Waals surface area contributed by atoms with Gasteiger partial charge in [-0.2, -0.15) is 0 Å². The summed E-state index contributed by atoms with van der Waals surface area (Å²) in [4.78, 5) is 36.0. The minimum atomic E-state index is -0.565. The largest absolute Gasteiger partial charge is 0.493 e. The maximum Gasteiger partial charge on any atom is 0.269 e. The van der Waals surface area contributed by atoms with E-state index in [1.807, 2.05) is 0 Å². The fourth-order valence-corrected chi connectivity index (χ4v) is 5.66. The number of nitro benzene ring substituents is 2. The number of nitrogens with zero attached hydrogens (tertiary/aromatic N) is 2. The van der Waals surface area contributed by atoms with Crippen molar-refractivity contribution in [2.24, 2.45) is 0 Å². The Balaban J connectivity index is 1.81. The van der Waals surface area contributed by atoms with Crippen molar-refractivity contribution in [2.75, 3.05) is 42.7 Å². The molecule has 4 rings (SSSR count). The molecular weight excluding hydrogens is 624 g/mol. The van der Waals surface area contributed by atoms with E-state index in [4.69, 9.17) is 28.4 Å². The normalized spacial score (nSPS) is 12.0. The van der Waals surface area contributed by atoms with Crippen LogP contribution in [0.15, 0.2) is 72.8 Å². The smallest absolute Gasteiger partial charge is 0.269 e. The second-order valence-electron chi connectivity index (χ2n) is 10.7. The number of non-ortho nitro benzene ring substituents is 2. The number of ether oxygens (including phenoxy) is 6. The first kappa shape index (κ1) is 35.0. The number of ketones is 1. The van der Waals surface area contributed by atoms with Crippen LogP contribution in [-0.2, 0) is 4.79 Å². The van der Waals surface area contributed by atoms with E-state index in [1.165, 1.54) is 66.9 Å². The Morgan fingerprint density at radius 2 is 0.812 bits per heavy atom. The highest BCUT2D eigenvalue weighted by atomic mass is 16.6. The molecule has 0 radical (unpaired) electrons. The average molecular weight is 661 g/mol. The van der Waals surface area contributed by atoms with Crippen molar-refractivity contribution in [2.45, 2.75) is 24.7 Å². The van der Waals surface area contributed by atoms with E-state index in [0.717, 1.165) is 0 Å². The van der Waals surface area contributed by atoms with Crippen LogP contribution in [0.2, 0.25) is 0 Å². The lowest BCUT2D eigenvalue weighted by atomic mass is 9.81. The lowest BCUT2D eigenvalue weighted by molar-refractivity contribution is -0.385. The molecule has 0 aliphatic heterocycles. The van der Waals surface area contributed by atoms with Gasteiger partial charge in [0.2, 0.25) is 11.5 Å². The highest BCUT2D eigenvalue weighted by Crippen LogP contribution is 2.45. The van der Waals surface area contributed by atoms with Crippen molar-refractivity contribution in [1.29, 1.82) is 0 Å². The van der Waals surface area contributed by atoms with Gasteiger partial charge in [-0.1, -0.05) is 24.3 Å². The third kappa shape index (κ3) is 7.57. The quantitative estimate of drug-likeness (QED) is 0.0912. The lowest BCUT2D eigenvalue weighted by Gasteiger charge is -2.23. The van der Waals surface area contributed by atoms with E-state index in [1.54, 1.807) is 48.5 Å². The monoisotopic (exact) mass is 660 g/mol. The van der Waals surface area contributed by atoms with E-state index in [9.17, 15) is 25.0 Å². The molecule has 4 aromatic carbocycles. The minimum Gasteiger partial charge on any atom is -0.493 e. The summed E-state index contributed by atoms with van der Waals surface area (Å²) >= 11 is 0. The molecule has 13 heteroatoms. The Morgan fingerprint density at radius 1 is 0.521 bits per heavy atom. The number of benzene rings is 4. The molecule has 2 atom stereocenters. The summed E-state index contributed by atoms with van der Waals surface area (Å²) in [6.45, 7) is 0. The summed E-state index contributed by atoms with van der Waals surface area (Å²) in [6, 6.07) is 19.0. The molecule has 0 heterocycles. The summed E-state index contributed by atoms with van der Waals surface area (Å²) < 4.78 is 33.2. The van der Waals surface area contributed by atoms with Crippen molar-refractivity contribution in [3.63, 3.8) is 0 Å². The molecule has 0 N–H and O–H groups in total. The first-order chi connectivity index (χ1) is 23.1. The van der Waals surface area contributed by atoms with Crippen molar-refractivity contribution >= 4 is 17.2 Å². The summed E-state index contributed by atoms with van der Waals surface area (Å²) in [5.41, 5.74) is 2.45. The standard InChI is InChI=1S/C35H36N2O11/c1-43-30-15-23(16-31(44-2)34(30)47-5)28(21-7-11-25(12-8-21)36(39)40)19-27(38)20-29(22-9-13-26(14-10-22)37(41)42)24-17-32(45-3)35(48-6)33(18-24)46-4/h7-18,28-29H,19-20H2,1-6H3. The molecule has 0 aromatic heterocycles. The Kier molecular flexibility index (Phi) is 11.4. The maximum absolute atomic E-state index is 14.2. The second kappa shape index (κ2) is 15.6. The zero-order valence-corrected chi connectivity index (χ0v) is 27.4. The van der Waals surface area contributed by atoms with Crippen LogP contribution in [-0.4, -0.2) is 58.3 Å². The van der Waals surface area contributed by atoms with Crippen molar-refractivity contribution in [3.05, 3.63) is 115 Å². The molecule has 0 fully saturated rings. The number of nitro groups is 2. The average Bonchev–Trinajstić information content (AvgIpc) is 3.11. The molecule has 48 heavy (non-hydrogen) atoms. The molecule has 0 saturated carbocycles. The number of methoxy groups -OCH3 is 6. The molecular formula is C35H36N2O11. The highest BCUT2D eigenvalue weighted by Gasteiger charge is 2.28. The molecule has 2 unspecified atom stereocenters. The van der Waals surface area contributed by atoms with Crippen LogP contribution in [0.1, 0.15) is 46.9 Å². The molecule has 0 spiro atoms. The molecule has 0 saturated heterocycles. The summed E-state index contributed by atoms with van der Waals surface area (Å²) in [5, 5.41) is 22.8. The van der Waals surface area contributed by atoms with Gasteiger partial charge < -0.3 is 28.4 Å². The van der Waals surface area contributed by atoms with E-state index in [2.05, 4.69) is 0 Å². The van der Waals surface area contributed by atoms with Gasteiger partial charge in [0.1, 0.15) is 5.78 Å². The number of hydrogen-bond donors (Lipinski definition) is 0. The van der Waals surface area contributed by atoms with Gasteiger partial charge in [0.05, 0.1) is 52.5 Å². The van der Waals surface area contributed by atoms with Crippen LogP contribution in [0, 0.1) is 20.2 Å². The third-order valence-electron chi connectivity index (χ3n) is 8.05. The van der Waals surface area contributed by atoms with Crippen LogP contribution in [0.4, 0.5) is 11.4 Å². The van der Waals surface area contributed by atoms with Crippen LogP contribution in [0.5, 0.6) is 34.5 Å². The molecule has 0 amide bonds. The predicted octanol–water partition coefficient (Wildman–Crippen LogP) is 6.87. The van der Waals surface area contributed by atoms with Crippen LogP contribution < -0.4 is 28.4 Å². The van der Waals surface area contributed by atoms with Crippen LogP contribution in [0.25, 0.3) is 0 Å². The second-order valence-corrected chi connectivity index (χ2v) is 10.7. The Morgan fingerprint density at radius 3 is 1.04 bits per heavy atom. The molecule has 252 valence electrons. The van der Waals surface area contributed by atoms with Gasteiger partial charge in [-0.25, -0.2) is 0 Å². The van der Waals surface area contributed by atoms with E-state index in [-0.39, 0.29) is 30.0 Å². The van der Waals surface area contributed by atoms with Crippen molar-refractivity contribution in [1.82, 2.24) is 0 Å². The number of hydrogen-bond acceptors (Lipinski definition) is 11. The number of carbonyl (C=O) groups excluding carboxylic acids is 1. The zero-order valence-electron chi connectivity index (χ0n) is 27.4. The summed E-state index contributed by atoms with van der Waals surface area (Å²) in [6.07, 6.45) is -0.0191. The Hall–Kier alpha value is -5.85. The maximum atomic E-state index is 14.2. The van der Waals surface area contributed by atoms with Crippen LogP contribution >= 0.6 is 0 Å². The number of carbonyl (C=O) groups is 1. The van der Waals surface area contributed by atoms with E-state index >= 15 is 0 Å². The Bertz CT molecular complexity index is 1590. The fourth-order valence-electron chi connectivity index (χ4n) is 5.66. The van der Waals surface area contributed by atoms with Gasteiger partial charge in [-0.15, -0.1) is 0 Å². The van der Waals surface area contributed by atoms with E-state index in [0.29, 0.717) is 56.8 Å². The first-order valence-electron chi connectivity index (χ1n) is 14.7. The molecule has 0 bridgehead atoms.